The third kappa shape index (κ3) is 2.48. The maximum atomic E-state index is 8.96. The fourth-order valence-corrected chi connectivity index (χ4v) is 4.25. The van der Waals surface area contributed by atoms with Crippen molar-refractivity contribution in [3.05, 3.63) is 89.2 Å². The van der Waals surface area contributed by atoms with E-state index < -0.39 is 0 Å². The molecule has 0 amide bonds. The van der Waals surface area contributed by atoms with Gasteiger partial charge >= 0.3 is 0 Å². The number of fused-ring (bicyclic) bond motifs is 1. The fourth-order valence-electron chi connectivity index (χ4n) is 4.25. The van der Waals surface area contributed by atoms with Gasteiger partial charge in [0.05, 0.1) is 11.4 Å². The number of hydrogen-bond donors (Lipinski definition) is 1. The van der Waals surface area contributed by atoms with Crippen LogP contribution in [0.25, 0.3) is 5.57 Å². The highest BCUT2D eigenvalue weighted by molar-refractivity contribution is 6.16. The Morgan fingerprint density at radius 1 is 1.08 bits per heavy atom. The summed E-state index contributed by atoms with van der Waals surface area (Å²) in [5.74, 6) is 0. The summed E-state index contributed by atoms with van der Waals surface area (Å²) in [7, 11) is 0. The first kappa shape index (κ1) is 18.1. The lowest BCUT2D eigenvalue weighted by Gasteiger charge is -2.26. The van der Waals surface area contributed by atoms with E-state index in [1.807, 2.05) is 24.3 Å². The normalized spacial score (nSPS) is 19.5. The molecule has 0 radical (unpaired) electrons. The molecular weight excluding hydrogens is 316 g/mol. The monoisotopic (exact) mass is 342 g/mol. The molecule has 2 aliphatic rings. The van der Waals surface area contributed by atoms with Crippen molar-refractivity contribution in [2.75, 3.05) is 0 Å². The second kappa shape index (κ2) is 5.91. The van der Waals surface area contributed by atoms with Gasteiger partial charge in [-0.15, -0.1) is 0 Å². The molecular formula is C24H26N2. The van der Waals surface area contributed by atoms with Crippen LogP contribution in [0.15, 0.2) is 77.5 Å². The summed E-state index contributed by atoms with van der Waals surface area (Å²) in [6.45, 7) is 20.3. The molecule has 0 heterocycles. The Morgan fingerprint density at radius 2 is 1.77 bits per heavy atom. The maximum Gasteiger partial charge on any atom is 0.0706 e. The van der Waals surface area contributed by atoms with Crippen molar-refractivity contribution in [2.24, 2.45) is 10.4 Å². The predicted octanol–water partition coefficient (Wildman–Crippen LogP) is 6.02. The molecule has 0 aliphatic heterocycles. The van der Waals surface area contributed by atoms with Gasteiger partial charge < -0.3 is 0 Å². The van der Waals surface area contributed by atoms with E-state index in [9.17, 15) is 0 Å². The minimum absolute atomic E-state index is 0.123. The van der Waals surface area contributed by atoms with Crippen LogP contribution in [0.4, 0.5) is 0 Å². The Kier molecular flexibility index (Phi) is 4.11. The maximum absolute atomic E-state index is 8.96. The molecule has 2 heteroatoms. The van der Waals surface area contributed by atoms with Crippen LogP contribution in [-0.4, -0.2) is 12.4 Å². The van der Waals surface area contributed by atoms with Crippen molar-refractivity contribution < 1.29 is 0 Å². The SMILES string of the molecule is C=CC1=C(C=C)C(C)(C)c2c(C(=N)C3=CC(C)(C)C=C3N=C)cccc21. The number of aliphatic imine (C=N–C) groups is 1. The molecule has 0 saturated heterocycles. The molecule has 26 heavy (non-hydrogen) atoms. The second-order valence-electron chi connectivity index (χ2n) is 8.03. The molecule has 0 spiro atoms. The van der Waals surface area contributed by atoms with Crippen molar-refractivity contribution in [1.82, 2.24) is 0 Å². The van der Waals surface area contributed by atoms with E-state index in [1.54, 1.807) is 0 Å². The Labute approximate surface area is 156 Å². The first-order valence-electron chi connectivity index (χ1n) is 8.83. The minimum atomic E-state index is -0.232. The van der Waals surface area contributed by atoms with Crippen molar-refractivity contribution in [2.45, 2.75) is 33.1 Å². The minimum Gasteiger partial charge on any atom is -0.300 e. The zero-order valence-corrected chi connectivity index (χ0v) is 16.1. The topological polar surface area (TPSA) is 36.2 Å². The van der Waals surface area contributed by atoms with E-state index in [4.69, 9.17) is 5.41 Å². The highest BCUT2D eigenvalue weighted by Gasteiger charge is 2.38. The van der Waals surface area contributed by atoms with Gasteiger partial charge in [-0.2, -0.15) is 0 Å². The van der Waals surface area contributed by atoms with Gasteiger partial charge in [-0.25, -0.2) is 0 Å². The zero-order valence-electron chi connectivity index (χ0n) is 16.1. The first-order valence-corrected chi connectivity index (χ1v) is 8.83. The molecule has 0 unspecified atom stereocenters. The van der Waals surface area contributed by atoms with Gasteiger partial charge in [-0.3, -0.25) is 10.4 Å². The van der Waals surface area contributed by atoms with E-state index in [-0.39, 0.29) is 10.8 Å². The third-order valence-electron chi connectivity index (χ3n) is 5.36. The third-order valence-corrected chi connectivity index (χ3v) is 5.36. The van der Waals surface area contributed by atoms with E-state index in [1.165, 1.54) is 0 Å². The molecule has 0 atom stereocenters. The Balaban J connectivity index is 2.22. The fraction of sp³-hybridized carbons (Fsp3) is 0.250. The van der Waals surface area contributed by atoms with E-state index >= 15 is 0 Å². The van der Waals surface area contributed by atoms with Gasteiger partial charge in [0.15, 0.2) is 0 Å². The van der Waals surface area contributed by atoms with Crippen LogP contribution in [0.1, 0.15) is 44.4 Å². The van der Waals surface area contributed by atoms with Crippen LogP contribution in [-0.2, 0) is 5.41 Å². The highest BCUT2D eigenvalue weighted by atomic mass is 14.7. The van der Waals surface area contributed by atoms with E-state index in [0.717, 1.165) is 39.1 Å². The molecule has 2 nitrogen and oxygen atoms in total. The lowest BCUT2D eigenvalue weighted by molar-refractivity contribution is 0.634. The Morgan fingerprint density at radius 3 is 2.35 bits per heavy atom. The summed E-state index contributed by atoms with van der Waals surface area (Å²) in [5, 5.41) is 8.96. The second-order valence-corrected chi connectivity index (χ2v) is 8.03. The number of rotatable bonds is 5. The number of hydrogen-bond acceptors (Lipinski definition) is 2. The average molecular weight is 342 g/mol. The molecule has 0 saturated carbocycles. The summed E-state index contributed by atoms with van der Waals surface area (Å²) in [6, 6.07) is 6.15. The number of benzene rings is 1. The molecule has 3 rings (SSSR count). The van der Waals surface area contributed by atoms with Gasteiger partial charge in [0.25, 0.3) is 0 Å². The van der Waals surface area contributed by atoms with E-state index in [2.05, 4.69) is 70.8 Å². The van der Waals surface area contributed by atoms with Crippen LogP contribution in [0, 0.1) is 10.8 Å². The molecule has 1 aromatic carbocycles. The lowest BCUT2D eigenvalue weighted by Crippen LogP contribution is -2.21. The molecule has 1 N–H and O–H groups in total. The van der Waals surface area contributed by atoms with Crippen molar-refractivity contribution in [3.8, 4) is 0 Å². The summed E-state index contributed by atoms with van der Waals surface area (Å²) < 4.78 is 0. The van der Waals surface area contributed by atoms with Crippen LogP contribution >= 0.6 is 0 Å². The molecule has 0 bridgehead atoms. The summed E-state index contributed by atoms with van der Waals surface area (Å²) in [4.78, 5) is 4.16. The molecule has 0 fully saturated rings. The Hall–Kier alpha value is -2.74. The number of nitrogens with zero attached hydrogens (tertiary/aromatic N) is 1. The van der Waals surface area contributed by atoms with Crippen molar-refractivity contribution in [3.63, 3.8) is 0 Å². The van der Waals surface area contributed by atoms with Crippen LogP contribution < -0.4 is 0 Å². The van der Waals surface area contributed by atoms with Gasteiger partial charge in [-0.1, -0.05) is 77.3 Å². The van der Waals surface area contributed by atoms with Gasteiger partial charge in [0.2, 0.25) is 0 Å². The van der Waals surface area contributed by atoms with E-state index in [0.29, 0.717) is 5.71 Å². The van der Waals surface area contributed by atoms with Gasteiger partial charge in [-0.05, 0) is 35.1 Å². The van der Waals surface area contributed by atoms with Crippen LogP contribution in [0.3, 0.4) is 0 Å². The number of allylic oxidation sites excluding steroid dienone is 7. The van der Waals surface area contributed by atoms with Crippen LogP contribution in [0.2, 0.25) is 0 Å². The highest BCUT2D eigenvalue weighted by Crippen LogP contribution is 2.49. The van der Waals surface area contributed by atoms with Crippen molar-refractivity contribution in [1.29, 1.82) is 5.41 Å². The van der Waals surface area contributed by atoms with Crippen LogP contribution in [0.5, 0.6) is 0 Å². The largest absolute Gasteiger partial charge is 0.300 e. The molecule has 2 aliphatic carbocycles. The lowest BCUT2D eigenvalue weighted by atomic mass is 9.77. The smallest absolute Gasteiger partial charge is 0.0706 e. The van der Waals surface area contributed by atoms with Crippen molar-refractivity contribution >= 4 is 18.0 Å². The Bertz CT molecular complexity index is 946. The first-order chi connectivity index (χ1) is 12.2. The number of nitrogens with one attached hydrogen (secondary N) is 1. The summed E-state index contributed by atoms with van der Waals surface area (Å²) >= 11 is 0. The zero-order chi connectivity index (χ0) is 19.3. The summed E-state index contributed by atoms with van der Waals surface area (Å²) in [6.07, 6.45) is 7.99. The molecule has 132 valence electrons. The predicted molar refractivity (Wildman–Crippen MR) is 113 cm³/mol. The molecule has 0 aromatic heterocycles. The van der Waals surface area contributed by atoms with Gasteiger partial charge in [0.1, 0.15) is 0 Å². The molecule has 1 aromatic rings. The average Bonchev–Trinajstić information content (AvgIpc) is 3.03. The quantitative estimate of drug-likeness (QED) is 0.635. The summed E-state index contributed by atoms with van der Waals surface area (Å²) in [5.41, 5.74) is 7.26. The standard InChI is InChI=1S/C24H26N2/c1-8-15-16-11-10-12-17(21(16)24(5,6)19(15)9-2)22(25)18-13-23(3,4)14-20(18)26-7/h8-14,25H,1-2,7H2,3-6H3. The van der Waals surface area contributed by atoms with Gasteiger partial charge in [0, 0.05) is 22.0 Å².